The second-order valence-corrected chi connectivity index (χ2v) is 7.60. The van der Waals surface area contributed by atoms with E-state index in [-0.39, 0.29) is 12.3 Å². The molecule has 3 aromatic rings. The van der Waals surface area contributed by atoms with E-state index in [4.69, 9.17) is 11.6 Å². The summed E-state index contributed by atoms with van der Waals surface area (Å²) < 4.78 is 0. The zero-order valence-corrected chi connectivity index (χ0v) is 16.4. The molecule has 26 heavy (non-hydrogen) atoms. The molecule has 0 saturated heterocycles. The molecule has 0 radical (unpaired) electrons. The summed E-state index contributed by atoms with van der Waals surface area (Å²) in [4.78, 5) is 16.8. The van der Waals surface area contributed by atoms with Crippen LogP contribution >= 0.6 is 22.9 Å². The zero-order chi connectivity index (χ0) is 18.5. The molecule has 1 atom stereocenters. The van der Waals surface area contributed by atoms with Crippen LogP contribution in [0.5, 0.6) is 0 Å². The van der Waals surface area contributed by atoms with Crippen LogP contribution in [0.15, 0.2) is 53.9 Å². The molecule has 5 heteroatoms. The number of hydrogen-bond donors (Lipinski definition) is 1. The summed E-state index contributed by atoms with van der Waals surface area (Å²) in [5.41, 5.74) is 3.88. The Hall–Kier alpha value is -2.17. The first-order valence-corrected chi connectivity index (χ1v) is 9.91. The molecule has 0 aliphatic rings. The van der Waals surface area contributed by atoms with Gasteiger partial charge in [-0.15, -0.1) is 11.3 Å². The number of carbonyl (C=O) groups is 1. The maximum Gasteiger partial charge on any atom is 0.230 e. The van der Waals surface area contributed by atoms with Gasteiger partial charge in [0.15, 0.2) is 0 Å². The van der Waals surface area contributed by atoms with Gasteiger partial charge in [0.1, 0.15) is 5.01 Å². The van der Waals surface area contributed by atoms with Gasteiger partial charge in [0.25, 0.3) is 0 Å². The Morgan fingerprint density at radius 2 is 1.85 bits per heavy atom. The number of amides is 1. The number of nitrogens with one attached hydrogen (secondary N) is 1. The third-order valence-corrected chi connectivity index (χ3v) is 5.55. The Morgan fingerprint density at radius 3 is 2.50 bits per heavy atom. The molecule has 0 fully saturated rings. The van der Waals surface area contributed by atoms with Gasteiger partial charge in [-0.05, 0) is 42.2 Å². The molecule has 1 amide bonds. The summed E-state index contributed by atoms with van der Waals surface area (Å²) in [5.74, 6) is 0.468. The van der Waals surface area contributed by atoms with Crippen molar-refractivity contribution in [2.75, 3.05) is 5.32 Å². The van der Waals surface area contributed by atoms with Crippen LogP contribution in [0, 0.1) is 0 Å². The summed E-state index contributed by atoms with van der Waals surface area (Å²) in [5, 5.41) is 6.45. The lowest BCUT2D eigenvalue weighted by atomic mass is 9.99. The number of carbonyl (C=O) groups excluding carboxylic acids is 1. The quantitative estimate of drug-likeness (QED) is 0.553. The topological polar surface area (TPSA) is 42.0 Å². The Labute approximate surface area is 163 Å². The van der Waals surface area contributed by atoms with Crippen LogP contribution in [0.25, 0.3) is 10.6 Å². The molecule has 0 aliphatic carbocycles. The second kappa shape index (κ2) is 8.47. The Bertz CT molecular complexity index is 872. The number of hydrogen-bond acceptors (Lipinski definition) is 3. The Morgan fingerprint density at radius 1 is 1.15 bits per heavy atom. The van der Waals surface area contributed by atoms with Gasteiger partial charge in [-0.3, -0.25) is 4.79 Å². The third-order valence-electron chi connectivity index (χ3n) is 4.36. The highest BCUT2D eigenvalue weighted by Crippen LogP contribution is 2.25. The number of nitrogens with zero attached hydrogens (tertiary/aromatic N) is 1. The van der Waals surface area contributed by atoms with E-state index >= 15 is 0 Å². The first kappa shape index (κ1) is 18.6. The molecule has 3 nitrogen and oxygen atoms in total. The average Bonchev–Trinajstić information content (AvgIpc) is 3.10. The maximum absolute atomic E-state index is 12.3. The number of rotatable bonds is 6. The van der Waals surface area contributed by atoms with Crippen LogP contribution in [0.2, 0.25) is 5.02 Å². The van der Waals surface area contributed by atoms with Gasteiger partial charge in [0.05, 0.1) is 12.1 Å². The van der Waals surface area contributed by atoms with Crippen molar-refractivity contribution in [1.29, 1.82) is 0 Å². The number of thiazole rings is 1. The first-order valence-electron chi connectivity index (χ1n) is 8.65. The van der Waals surface area contributed by atoms with E-state index in [1.54, 1.807) is 0 Å². The standard InChI is InChI=1S/C21H21ClN2OS/c1-3-14(2)15-6-10-18(11-7-15)23-20(25)12-19-13-26-21(24-19)16-4-8-17(22)9-5-16/h4-11,13-14H,3,12H2,1-2H3,(H,23,25)/t14-/m0/s1. The first-order chi connectivity index (χ1) is 12.5. The van der Waals surface area contributed by atoms with Gasteiger partial charge in [0, 0.05) is 21.7 Å². The zero-order valence-electron chi connectivity index (χ0n) is 14.8. The summed E-state index contributed by atoms with van der Waals surface area (Å²) in [7, 11) is 0. The molecule has 0 bridgehead atoms. The number of benzene rings is 2. The molecule has 1 N–H and O–H groups in total. The molecular formula is C21H21ClN2OS. The van der Waals surface area contributed by atoms with E-state index in [1.165, 1.54) is 16.9 Å². The molecule has 0 aliphatic heterocycles. The highest BCUT2D eigenvalue weighted by molar-refractivity contribution is 7.13. The summed E-state index contributed by atoms with van der Waals surface area (Å²) in [6.07, 6.45) is 1.36. The lowest BCUT2D eigenvalue weighted by Gasteiger charge is -2.10. The van der Waals surface area contributed by atoms with Crippen LogP contribution in [-0.2, 0) is 11.2 Å². The summed E-state index contributed by atoms with van der Waals surface area (Å²) >= 11 is 7.45. The molecule has 0 saturated carbocycles. The van der Waals surface area contributed by atoms with Gasteiger partial charge < -0.3 is 5.32 Å². The maximum atomic E-state index is 12.3. The van der Waals surface area contributed by atoms with E-state index in [0.29, 0.717) is 10.9 Å². The van der Waals surface area contributed by atoms with Crippen LogP contribution in [0.1, 0.15) is 37.4 Å². The largest absolute Gasteiger partial charge is 0.326 e. The van der Waals surface area contributed by atoms with Gasteiger partial charge in [0.2, 0.25) is 5.91 Å². The minimum Gasteiger partial charge on any atom is -0.326 e. The smallest absolute Gasteiger partial charge is 0.230 e. The molecule has 3 rings (SSSR count). The Kier molecular flexibility index (Phi) is 6.07. The van der Waals surface area contributed by atoms with E-state index in [2.05, 4.69) is 36.3 Å². The highest BCUT2D eigenvalue weighted by atomic mass is 35.5. The summed E-state index contributed by atoms with van der Waals surface area (Å²) in [6.45, 7) is 4.38. The van der Waals surface area contributed by atoms with Gasteiger partial charge >= 0.3 is 0 Å². The van der Waals surface area contributed by atoms with E-state index < -0.39 is 0 Å². The SMILES string of the molecule is CC[C@H](C)c1ccc(NC(=O)Cc2csc(-c3ccc(Cl)cc3)n2)cc1. The van der Waals surface area contributed by atoms with Gasteiger partial charge in [-0.1, -0.05) is 49.7 Å². The number of halogens is 1. The van der Waals surface area contributed by atoms with Crippen LogP contribution in [-0.4, -0.2) is 10.9 Å². The minimum absolute atomic E-state index is 0.0609. The Balaban J connectivity index is 1.61. The molecule has 134 valence electrons. The fraction of sp³-hybridized carbons (Fsp3) is 0.238. The van der Waals surface area contributed by atoms with Crippen molar-refractivity contribution in [2.24, 2.45) is 0 Å². The number of aromatic nitrogens is 1. The van der Waals surface area contributed by atoms with Crippen molar-refractivity contribution in [3.05, 3.63) is 70.2 Å². The lowest BCUT2D eigenvalue weighted by Crippen LogP contribution is -2.14. The van der Waals surface area contributed by atoms with E-state index in [1.807, 2.05) is 41.8 Å². The van der Waals surface area contributed by atoms with Gasteiger partial charge in [-0.25, -0.2) is 4.98 Å². The van der Waals surface area contributed by atoms with Crippen molar-refractivity contribution in [2.45, 2.75) is 32.6 Å². The molecular weight excluding hydrogens is 364 g/mol. The fourth-order valence-electron chi connectivity index (χ4n) is 2.61. The monoisotopic (exact) mass is 384 g/mol. The van der Waals surface area contributed by atoms with Crippen molar-refractivity contribution in [3.8, 4) is 10.6 Å². The molecule has 1 aromatic heterocycles. The normalized spacial score (nSPS) is 12.0. The number of anilines is 1. The van der Waals surface area contributed by atoms with Gasteiger partial charge in [-0.2, -0.15) is 0 Å². The predicted molar refractivity (Wildman–Crippen MR) is 110 cm³/mol. The molecule has 0 spiro atoms. The lowest BCUT2D eigenvalue weighted by molar-refractivity contribution is -0.115. The van der Waals surface area contributed by atoms with E-state index in [9.17, 15) is 4.79 Å². The summed E-state index contributed by atoms with van der Waals surface area (Å²) in [6, 6.07) is 15.6. The van der Waals surface area contributed by atoms with Crippen molar-refractivity contribution >= 4 is 34.5 Å². The van der Waals surface area contributed by atoms with Crippen LogP contribution in [0.4, 0.5) is 5.69 Å². The fourth-order valence-corrected chi connectivity index (χ4v) is 3.57. The van der Waals surface area contributed by atoms with Crippen LogP contribution < -0.4 is 5.32 Å². The minimum atomic E-state index is -0.0609. The van der Waals surface area contributed by atoms with Crippen molar-refractivity contribution in [3.63, 3.8) is 0 Å². The highest BCUT2D eigenvalue weighted by Gasteiger charge is 2.10. The van der Waals surface area contributed by atoms with Crippen molar-refractivity contribution < 1.29 is 4.79 Å². The third kappa shape index (κ3) is 4.71. The molecule has 1 heterocycles. The second-order valence-electron chi connectivity index (χ2n) is 6.31. The van der Waals surface area contributed by atoms with Crippen LogP contribution in [0.3, 0.4) is 0 Å². The van der Waals surface area contributed by atoms with Crippen molar-refractivity contribution in [1.82, 2.24) is 4.98 Å². The predicted octanol–water partition coefficient (Wildman–Crippen LogP) is 6.16. The van der Waals surface area contributed by atoms with E-state index in [0.717, 1.165) is 28.4 Å². The molecule has 0 unspecified atom stereocenters. The molecule has 2 aromatic carbocycles. The average molecular weight is 385 g/mol.